The molecule has 1 aliphatic carbocycles. The second kappa shape index (κ2) is 6.02. The van der Waals surface area contributed by atoms with Gasteiger partial charge in [-0.05, 0) is 31.1 Å². The number of nitrogens with zero attached hydrogens (tertiary/aromatic N) is 2. The lowest BCUT2D eigenvalue weighted by atomic mass is 9.81. The van der Waals surface area contributed by atoms with Crippen LogP contribution in [0.15, 0.2) is 17.3 Å². The molecule has 2 rings (SSSR count). The third-order valence-corrected chi connectivity index (χ3v) is 5.04. The zero-order chi connectivity index (χ0) is 14.8. The van der Waals surface area contributed by atoms with Crippen molar-refractivity contribution >= 4 is 16.0 Å². The number of anilines is 1. The monoisotopic (exact) mass is 299 g/mol. The van der Waals surface area contributed by atoms with Crippen molar-refractivity contribution in [3.8, 4) is 0 Å². The molecule has 112 valence electrons. The summed E-state index contributed by atoms with van der Waals surface area (Å²) in [7, 11) is -3.58. The zero-order valence-corrected chi connectivity index (χ0v) is 12.5. The summed E-state index contributed by atoms with van der Waals surface area (Å²) in [6.07, 6.45) is 5.39. The van der Waals surface area contributed by atoms with Crippen LogP contribution in [0.5, 0.6) is 0 Å². The van der Waals surface area contributed by atoms with Gasteiger partial charge in [0.15, 0.2) is 0 Å². The summed E-state index contributed by atoms with van der Waals surface area (Å²) in [5.41, 5.74) is 2.26. The first-order valence-electron chi connectivity index (χ1n) is 6.71. The maximum absolute atomic E-state index is 12.3. The molecule has 1 saturated carbocycles. The summed E-state index contributed by atoms with van der Waals surface area (Å²) in [6.45, 7) is 4.31. The third-order valence-electron chi connectivity index (χ3n) is 3.57. The van der Waals surface area contributed by atoms with E-state index in [1.807, 2.05) is 0 Å². The SMILES string of the molecule is CC1CC(C)CC(NS(=O)(=O)c2cnc(NN)nc2)C1. The Kier molecular flexibility index (Phi) is 4.56. The first-order chi connectivity index (χ1) is 9.40. The fraction of sp³-hybridized carbons (Fsp3) is 0.667. The van der Waals surface area contributed by atoms with E-state index in [1.54, 1.807) is 0 Å². The number of nitrogen functional groups attached to an aromatic ring is 1. The van der Waals surface area contributed by atoms with E-state index in [4.69, 9.17) is 5.84 Å². The predicted molar refractivity (Wildman–Crippen MR) is 76.1 cm³/mol. The number of rotatable bonds is 4. The van der Waals surface area contributed by atoms with Gasteiger partial charge in [0.2, 0.25) is 16.0 Å². The van der Waals surface area contributed by atoms with E-state index in [-0.39, 0.29) is 16.9 Å². The Morgan fingerprint density at radius 2 is 1.70 bits per heavy atom. The highest BCUT2D eigenvalue weighted by Gasteiger charge is 2.28. The van der Waals surface area contributed by atoms with E-state index in [2.05, 4.69) is 34.0 Å². The van der Waals surface area contributed by atoms with Gasteiger partial charge >= 0.3 is 0 Å². The van der Waals surface area contributed by atoms with Gasteiger partial charge in [-0.25, -0.2) is 29.0 Å². The Labute approximate surface area is 119 Å². The van der Waals surface area contributed by atoms with Gasteiger partial charge in [-0.1, -0.05) is 13.8 Å². The number of hydrogen-bond acceptors (Lipinski definition) is 6. The molecule has 2 atom stereocenters. The van der Waals surface area contributed by atoms with E-state index >= 15 is 0 Å². The average molecular weight is 299 g/mol. The van der Waals surface area contributed by atoms with E-state index in [1.165, 1.54) is 12.4 Å². The van der Waals surface area contributed by atoms with Crippen LogP contribution in [0.25, 0.3) is 0 Å². The quantitative estimate of drug-likeness (QED) is 0.562. The van der Waals surface area contributed by atoms with Crippen molar-refractivity contribution in [3.63, 3.8) is 0 Å². The van der Waals surface area contributed by atoms with Gasteiger partial charge in [0, 0.05) is 6.04 Å². The fourth-order valence-corrected chi connectivity index (χ4v) is 4.01. The minimum atomic E-state index is -3.58. The average Bonchev–Trinajstić information content (AvgIpc) is 2.37. The van der Waals surface area contributed by atoms with E-state index in [9.17, 15) is 8.42 Å². The molecule has 8 heteroatoms. The van der Waals surface area contributed by atoms with Crippen LogP contribution in [-0.2, 0) is 10.0 Å². The number of nitrogens with one attached hydrogen (secondary N) is 2. The highest BCUT2D eigenvalue weighted by molar-refractivity contribution is 7.89. The molecule has 0 aliphatic heterocycles. The Bertz CT molecular complexity index is 535. The van der Waals surface area contributed by atoms with Crippen molar-refractivity contribution in [1.29, 1.82) is 0 Å². The van der Waals surface area contributed by atoms with Gasteiger partial charge in [-0.15, -0.1) is 0 Å². The third kappa shape index (κ3) is 3.65. The van der Waals surface area contributed by atoms with Crippen LogP contribution in [0.3, 0.4) is 0 Å². The standard InChI is InChI=1S/C12H21N5O2S/c1-8-3-9(2)5-10(4-8)17-20(18,19)11-6-14-12(16-13)15-7-11/h6-10,17H,3-5,13H2,1-2H3,(H,14,15,16). The smallest absolute Gasteiger partial charge is 0.243 e. The molecule has 1 heterocycles. The lowest BCUT2D eigenvalue weighted by molar-refractivity contribution is 0.257. The first-order valence-corrected chi connectivity index (χ1v) is 8.20. The minimum absolute atomic E-state index is 0.0222. The maximum Gasteiger partial charge on any atom is 0.243 e. The molecule has 1 aliphatic rings. The number of hydrogen-bond donors (Lipinski definition) is 3. The topological polar surface area (TPSA) is 110 Å². The summed E-state index contributed by atoms with van der Waals surface area (Å²) in [4.78, 5) is 7.70. The predicted octanol–water partition coefficient (Wildman–Crippen LogP) is 0.865. The Morgan fingerprint density at radius 1 is 1.15 bits per heavy atom. The highest BCUT2D eigenvalue weighted by atomic mass is 32.2. The van der Waals surface area contributed by atoms with Crippen molar-refractivity contribution < 1.29 is 8.42 Å². The van der Waals surface area contributed by atoms with Crippen LogP contribution in [0.2, 0.25) is 0 Å². The van der Waals surface area contributed by atoms with Gasteiger partial charge in [-0.3, -0.25) is 5.43 Å². The van der Waals surface area contributed by atoms with Crippen molar-refractivity contribution in [3.05, 3.63) is 12.4 Å². The summed E-state index contributed by atoms with van der Waals surface area (Å²) in [5.74, 6) is 6.40. The molecule has 1 fully saturated rings. The molecule has 0 spiro atoms. The van der Waals surface area contributed by atoms with Crippen LogP contribution in [0, 0.1) is 11.8 Å². The molecule has 1 aromatic heterocycles. The van der Waals surface area contributed by atoms with Crippen molar-refractivity contribution in [2.45, 2.75) is 44.0 Å². The summed E-state index contributed by atoms with van der Waals surface area (Å²) < 4.78 is 27.3. The molecule has 2 unspecified atom stereocenters. The van der Waals surface area contributed by atoms with Crippen molar-refractivity contribution in [2.24, 2.45) is 17.7 Å². The van der Waals surface area contributed by atoms with Gasteiger partial charge in [0.1, 0.15) is 4.90 Å². The van der Waals surface area contributed by atoms with Crippen LogP contribution in [0.1, 0.15) is 33.1 Å². The van der Waals surface area contributed by atoms with Crippen molar-refractivity contribution in [2.75, 3.05) is 5.43 Å². The largest absolute Gasteiger partial charge is 0.292 e. The molecule has 0 amide bonds. The molecule has 1 aromatic rings. The van der Waals surface area contributed by atoms with E-state index < -0.39 is 10.0 Å². The van der Waals surface area contributed by atoms with Gasteiger partial charge in [0.25, 0.3) is 0 Å². The molecule has 0 aromatic carbocycles. The molecular formula is C12H21N5O2S. The van der Waals surface area contributed by atoms with Gasteiger partial charge in [0.05, 0.1) is 12.4 Å². The molecule has 0 bridgehead atoms. The van der Waals surface area contributed by atoms with Crippen LogP contribution >= 0.6 is 0 Å². The maximum atomic E-state index is 12.3. The lowest BCUT2D eigenvalue weighted by Gasteiger charge is -2.31. The van der Waals surface area contributed by atoms with E-state index in [0.29, 0.717) is 11.8 Å². The highest BCUT2D eigenvalue weighted by Crippen LogP contribution is 2.29. The summed E-state index contributed by atoms with van der Waals surface area (Å²) in [6, 6.07) is -0.0222. The minimum Gasteiger partial charge on any atom is -0.292 e. The summed E-state index contributed by atoms with van der Waals surface area (Å²) in [5, 5.41) is 0. The second-order valence-corrected chi connectivity index (χ2v) is 7.34. The second-order valence-electron chi connectivity index (χ2n) is 5.62. The van der Waals surface area contributed by atoms with Crippen LogP contribution in [-0.4, -0.2) is 24.4 Å². The fourth-order valence-electron chi connectivity index (χ4n) is 2.86. The molecule has 20 heavy (non-hydrogen) atoms. The normalized spacial score (nSPS) is 27.2. The number of sulfonamides is 1. The van der Waals surface area contributed by atoms with Gasteiger partial charge < -0.3 is 0 Å². The number of aromatic nitrogens is 2. The lowest BCUT2D eigenvalue weighted by Crippen LogP contribution is -2.40. The number of nitrogens with two attached hydrogens (primary N) is 1. The first kappa shape index (κ1) is 15.1. The zero-order valence-electron chi connectivity index (χ0n) is 11.7. The molecule has 7 nitrogen and oxygen atoms in total. The van der Waals surface area contributed by atoms with E-state index in [0.717, 1.165) is 19.3 Å². The molecule has 4 N–H and O–H groups in total. The Morgan fingerprint density at radius 3 is 2.20 bits per heavy atom. The molecule has 0 saturated heterocycles. The molecular weight excluding hydrogens is 278 g/mol. The van der Waals surface area contributed by atoms with Crippen LogP contribution in [0.4, 0.5) is 5.95 Å². The Balaban J connectivity index is 2.09. The molecule has 0 radical (unpaired) electrons. The Hall–Kier alpha value is -1.25. The van der Waals surface area contributed by atoms with Crippen molar-refractivity contribution in [1.82, 2.24) is 14.7 Å². The van der Waals surface area contributed by atoms with Gasteiger partial charge in [-0.2, -0.15) is 0 Å². The summed E-state index contributed by atoms with van der Waals surface area (Å²) >= 11 is 0. The van der Waals surface area contributed by atoms with Crippen LogP contribution < -0.4 is 16.0 Å². The number of hydrazine groups is 1.